The standard InChI is InChI=1S/C24H36Cl2N2O5S/c1-4-9-30-10-11-31-12-13-32-14-15-33-16-18-34(2,3,29)17-5-8-28-23-7-6-21(26)19-22(23)27-24(28)20-25/h1,6-7,19H,5,8-18,20H2,2-3H3. The summed E-state index contributed by atoms with van der Waals surface area (Å²) in [5.74, 6) is 4.62. The summed E-state index contributed by atoms with van der Waals surface area (Å²) in [4.78, 5) is 4.57. The number of rotatable bonds is 18. The zero-order valence-electron chi connectivity index (χ0n) is 20.1. The number of nitrogens with zero attached hydrogens (tertiary/aromatic N) is 2. The van der Waals surface area contributed by atoms with Crippen LogP contribution in [0, 0.1) is 12.3 Å². The van der Waals surface area contributed by atoms with E-state index in [0.29, 0.717) is 81.8 Å². The van der Waals surface area contributed by atoms with Crippen LogP contribution in [-0.2, 0) is 40.4 Å². The van der Waals surface area contributed by atoms with Crippen molar-refractivity contribution in [2.24, 2.45) is 0 Å². The van der Waals surface area contributed by atoms with E-state index < -0.39 is 9.07 Å². The molecule has 0 aliphatic carbocycles. The van der Waals surface area contributed by atoms with Gasteiger partial charge in [-0.1, -0.05) is 26.6 Å². The number of benzene rings is 1. The molecule has 1 heterocycles. The predicted molar refractivity (Wildman–Crippen MR) is 141 cm³/mol. The van der Waals surface area contributed by atoms with Gasteiger partial charge in [-0.15, -0.1) is 18.0 Å². The minimum Gasteiger partial charge on any atom is -0.378 e. The van der Waals surface area contributed by atoms with Crippen LogP contribution in [0.1, 0.15) is 12.2 Å². The summed E-state index contributed by atoms with van der Waals surface area (Å²) < 4.78 is 37.1. The lowest BCUT2D eigenvalue weighted by atomic mass is 10.3. The number of fused-ring (bicyclic) bond motifs is 1. The molecule has 0 aliphatic rings. The Kier molecular flexibility index (Phi) is 12.3. The van der Waals surface area contributed by atoms with Gasteiger partial charge < -0.3 is 23.5 Å². The van der Waals surface area contributed by atoms with Gasteiger partial charge in [0.25, 0.3) is 0 Å². The van der Waals surface area contributed by atoms with Crippen molar-refractivity contribution < 1.29 is 23.2 Å². The molecule has 34 heavy (non-hydrogen) atoms. The number of terminal acetylenes is 1. The number of halogens is 2. The zero-order chi connectivity index (χ0) is 24.9. The van der Waals surface area contributed by atoms with E-state index in [9.17, 15) is 4.21 Å². The van der Waals surface area contributed by atoms with Crippen LogP contribution in [0.4, 0.5) is 0 Å². The fourth-order valence-electron chi connectivity index (χ4n) is 3.39. The van der Waals surface area contributed by atoms with Crippen LogP contribution in [0.2, 0.25) is 5.02 Å². The maximum Gasteiger partial charge on any atom is 0.124 e. The van der Waals surface area contributed by atoms with E-state index in [0.717, 1.165) is 23.3 Å². The Bertz CT molecular complexity index is 999. The third-order valence-corrected chi connectivity index (χ3v) is 8.71. The topological polar surface area (TPSA) is 71.8 Å². The minimum atomic E-state index is -2.80. The summed E-state index contributed by atoms with van der Waals surface area (Å²) in [6.45, 7) is 4.29. The van der Waals surface area contributed by atoms with Crippen LogP contribution in [0.25, 0.3) is 11.0 Å². The molecular weight excluding hydrogens is 499 g/mol. The maximum atomic E-state index is 13.5. The molecule has 1 aromatic carbocycles. The molecule has 2 aromatic rings. The number of hydrogen-bond donors (Lipinski definition) is 0. The monoisotopic (exact) mass is 534 g/mol. The molecule has 192 valence electrons. The molecular formula is C24H36Cl2N2O5S. The molecule has 7 nitrogen and oxygen atoms in total. The van der Waals surface area contributed by atoms with E-state index in [1.807, 2.05) is 30.7 Å². The third-order valence-electron chi connectivity index (χ3n) is 5.24. The highest BCUT2D eigenvalue weighted by Gasteiger charge is 2.25. The quantitative estimate of drug-likeness (QED) is 0.165. The number of alkyl halides is 1. The van der Waals surface area contributed by atoms with Crippen LogP contribution in [0.3, 0.4) is 0 Å². The van der Waals surface area contributed by atoms with Crippen LogP contribution in [0.15, 0.2) is 18.2 Å². The lowest BCUT2D eigenvalue weighted by Gasteiger charge is -2.34. The average molecular weight is 536 g/mol. The van der Waals surface area contributed by atoms with Crippen molar-refractivity contribution in [3.05, 3.63) is 29.0 Å². The van der Waals surface area contributed by atoms with Crippen LogP contribution < -0.4 is 0 Å². The van der Waals surface area contributed by atoms with Crippen LogP contribution in [-0.4, -0.2) is 90.6 Å². The molecule has 0 amide bonds. The molecule has 0 fully saturated rings. The number of hydrogen-bond acceptors (Lipinski definition) is 6. The van der Waals surface area contributed by atoms with Crippen molar-refractivity contribution in [2.75, 3.05) is 76.9 Å². The summed E-state index contributed by atoms with van der Waals surface area (Å²) >= 11 is 12.2. The van der Waals surface area contributed by atoms with Crippen molar-refractivity contribution in [3.63, 3.8) is 0 Å². The summed E-state index contributed by atoms with van der Waals surface area (Å²) in [6, 6.07) is 5.63. The summed E-state index contributed by atoms with van der Waals surface area (Å²) in [6.07, 6.45) is 9.56. The summed E-state index contributed by atoms with van der Waals surface area (Å²) in [5, 5.41) is 0.643. The van der Waals surface area contributed by atoms with E-state index in [2.05, 4.69) is 15.5 Å². The Labute approximate surface area is 212 Å². The highest BCUT2D eigenvalue weighted by atomic mass is 35.5. The van der Waals surface area contributed by atoms with Crippen molar-refractivity contribution >= 4 is 43.3 Å². The highest BCUT2D eigenvalue weighted by Crippen LogP contribution is 2.24. The SMILES string of the molecule is C#CCOCCOCCOCCOCCS(C)(C)(=O)CCCn1c(CCl)nc2cc(Cl)ccc21. The molecule has 0 saturated heterocycles. The van der Waals surface area contributed by atoms with E-state index >= 15 is 0 Å². The molecule has 10 heteroatoms. The molecule has 0 bridgehead atoms. The molecule has 0 atom stereocenters. The maximum absolute atomic E-state index is 13.5. The first-order valence-electron chi connectivity index (χ1n) is 11.3. The fraction of sp³-hybridized carbons (Fsp3) is 0.625. The number of aromatic nitrogens is 2. The molecule has 1 aromatic heterocycles. The van der Waals surface area contributed by atoms with Gasteiger partial charge in [0.2, 0.25) is 0 Å². The number of imidazole rings is 1. The van der Waals surface area contributed by atoms with Crippen molar-refractivity contribution in [1.29, 1.82) is 0 Å². The molecule has 0 saturated carbocycles. The average Bonchev–Trinajstić information content (AvgIpc) is 3.13. The van der Waals surface area contributed by atoms with Gasteiger partial charge in [-0.25, -0.2) is 4.98 Å². The highest BCUT2D eigenvalue weighted by molar-refractivity contribution is 8.18. The van der Waals surface area contributed by atoms with Gasteiger partial charge in [0.15, 0.2) is 0 Å². The smallest absolute Gasteiger partial charge is 0.124 e. The Balaban J connectivity index is 1.62. The van der Waals surface area contributed by atoms with E-state index in [4.69, 9.17) is 48.6 Å². The van der Waals surface area contributed by atoms with Gasteiger partial charge in [0.1, 0.15) is 12.4 Å². The second-order valence-corrected chi connectivity index (χ2v) is 14.8. The van der Waals surface area contributed by atoms with Crippen molar-refractivity contribution in [2.45, 2.75) is 18.8 Å². The summed E-state index contributed by atoms with van der Waals surface area (Å²) in [5.41, 5.74) is 1.81. The molecule has 0 spiro atoms. The van der Waals surface area contributed by atoms with E-state index in [-0.39, 0.29) is 0 Å². The van der Waals surface area contributed by atoms with Crippen LogP contribution in [0.5, 0.6) is 0 Å². The molecule has 0 unspecified atom stereocenters. The zero-order valence-corrected chi connectivity index (χ0v) is 22.4. The van der Waals surface area contributed by atoms with Gasteiger partial charge in [0, 0.05) is 23.1 Å². The van der Waals surface area contributed by atoms with Gasteiger partial charge >= 0.3 is 0 Å². The van der Waals surface area contributed by atoms with Crippen molar-refractivity contribution in [1.82, 2.24) is 9.55 Å². The second-order valence-electron chi connectivity index (χ2n) is 8.64. The third kappa shape index (κ3) is 10.6. The van der Waals surface area contributed by atoms with Crippen molar-refractivity contribution in [3.8, 4) is 12.3 Å². The summed E-state index contributed by atoms with van der Waals surface area (Å²) in [7, 11) is -2.80. The van der Waals surface area contributed by atoms with Gasteiger partial charge in [-0.3, -0.25) is 4.21 Å². The largest absolute Gasteiger partial charge is 0.378 e. The fourth-order valence-corrected chi connectivity index (χ4v) is 5.63. The van der Waals surface area contributed by atoms with Gasteiger partial charge in [-0.05, 0) is 37.1 Å². The lowest BCUT2D eigenvalue weighted by Crippen LogP contribution is -2.39. The normalized spacial score (nSPS) is 13.1. The first-order valence-corrected chi connectivity index (χ1v) is 15.3. The number of aryl methyl sites for hydroxylation is 1. The Morgan fingerprint density at radius 3 is 2.24 bits per heavy atom. The predicted octanol–water partition coefficient (Wildman–Crippen LogP) is 3.60. The lowest BCUT2D eigenvalue weighted by molar-refractivity contribution is 0.00301. The Morgan fingerprint density at radius 2 is 1.62 bits per heavy atom. The number of ether oxygens (including phenoxy) is 4. The first kappa shape index (κ1) is 29.1. The first-order chi connectivity index (χ1) is 16.2. The molecule has 0 radical (unpaired) electrons. The Morgan fingerprint density at radius 1 is 1.00 bits per heavy atom. The van der Waals surface area contributed by atoms with E-state index in [1.165, 1.54) is 0 Å². The van der Waals surface area contributed by atoms with E-state index in [1.54, 1.807) is 0 Å². The van der Waals surface area contributed by atoms with Gasteiger partial charge in [-0.2, -0.15) is 0 Å². The minimum absolute atomic E-state index is 0.298. The molecule has 0 aliphatic heterocycles. The van der Waals surface area contributed by atoms with Gasteiger partial charge in [0.05, 0.1) is 63.2 Å². The van der Waals surface area contributed by atoms with Crippen LogP contribution >= 0.6 is 23.2 Å². The Hall–Kier alpha value is -1.18. The molecule has 2 rings (SSSR count). The molecule has 0 N–H and O–H groups in total. The second kappa shape index (κ2) is 14.4.